The number of hydrogen-bond donors (Lipinski definition) is 1. The molecule has 1 aromatic carbocycles. The zero-order chi connectivity index (χ0) is 14.7. The van der Waals surface area contributed by atoms with E-state index in [2.05, 4.69) is 5.10 Å². The lowest BCUT2D eigenvalue weighted by molar-refractivity contribution is 0.175. The van der Waals surface area contributed by atoms with Crippen LogP contribution in [0.25, 0.3) is 0 Å². The Morgan fingerprint density at radius 2 is 1.95 bits per heavy atom. The fourth-order valence-corrected chi connectivity index (χ4v) is 2.54. The summed E-state index contributed by atoms with van der Waals surface area (Å²) in [6, 6.07) is 5.85. The van der Waals surface area contributed by atoms with Crippen molar-refractivity contribution in [1.82, 2.24) is 9.78 Å². The average molecular weight is 297 g/mol. The number of aromatic nitrogens is 2. The van der Waals surface area contributed by atoms with E-state index in [-0.39, 0.29) is 5.82 Å². The number of aliphatic hydroxyl groups is 1. The van der Waals surface area contributed by atoms with Crippen molar-refractivity contribution in [3.05, 3.63) is 52.1 Å². The number of benzene rings is 1. The monoisotopic (exact) mass is 296 g/mol. The number of rotatable bonds is 5. The standard InChI is InChI=1S/C15H18ClFN2O/c1-3-12-15(16)13(19(4-2)18-12)9-14(20)10-5-7-11(17)8-6-10/h5-8,14,20H,3-4,9H2,1-2H3. The Balaban J connectivity index is 2.25. The largest absolute Gasteiger partial charge is 0.388 e. The van der Waals surface area contributed by atoms with Crippen molar-refractivity contribution in [2.45, 2.75) is 39.3 Å². The van der Waals surface area contributed by atoms with Crippen LogP contribution in [0.1, 0.15) is 36.9 Å². The van der Waals surface area contributed by atoms with E-state index < -0.39 is 6.10 Å². The molecule has 5 heteroatoms. The van der Waals surface area contributed by atoms with Crippen LogP contribution in [0.2, 0.25) is 5.02 Å². The first-order chi connectivity index (χ1) is 9.56. The van der Waals surface area contributed by atoms with Crippen molar-refractivity contribution in [1.29, 1.82) is 0 Å². The molecule has 0 aliphatic heterocycles. The van der Waals surface area contributed by atoms with E-state index in [0.29, 0.717) is 23.6 Å². The van der Waals surface area contributed by atoms with Crippen LogP contribution in [0, 0.1) is 5.82 Å². The van der Waals surface area contributed by atoms with Crippen LogP contribution in [0.4, 0.5) is 4.39 Å². The molecule has 0 radical (unpaired) electrons. The summed E-state index contributed by atoms with van der Waals surface area (Å²) >= 11 is 6.31. The molecule has 2 aromatic rings. The average Bonchev–Trinajstić information content (AvgIpc) is 2.76. The highest BCUT2D eigenvalue weighted by Gasteiger charge is 2.18. The molecule has 1 N–H and O–H groups in total. The van der Waals surface area contributed by atoms with E-state index in [1.54, 1.807) is 12.1 Å². The van der Waals surface area contributed by atoms with Crippen molar-refractivity contribution in [3.8, 4) is 0 Å². The van der Waals surface area contributed by atoms with Gasteiger partial charge < -0.3 is 5.11 Å². The first-order valence-corrected chi connectivity index (χ1v) is 7.12. The van der Waals surface area contributed by atoms with Crippen LogP contribution in [0.15, 0.2) is 24.3 Å². The van der Waals surface area contributed by atoms with Gasteiger partial charge in [-0.25, -0.2) is 4.39 Å². The summed E-state index contributed by atoms with van der Waals surface area (Å²) in [6.07, 6.45) is 0.399. The van der Waals surface area contributed by atoms with Gasteiger partial charge in [0, 0.05) is 13.0 Å². The second-order valence-corrected chi connectivity index (χ2v) is 5.03. The Bertz CT molecular complexity index is 580. The maximum Gasteiger partial charge on any atom is 0.123 e. The van der Waals surface area contributed by atoms with Gasteiger partial charge in [-0.3, -0.25) is 4.68 Å². The number of aryl methyl sites for hydroxylation is 2. The summed E-state index contributed by atoms with van der Waals surface area (Å²) < 4.78 is 14.7. The SMILES string of the molecule is CCc1nn(CC)c(CC(O)c2ccc(F)cc2)c1Cl. The van der Waals surface area contributed by atoms with Crippen molar-refractivity contribution in [2.75, 3.05) is 0 Å². The van der Waals surface area contributed by atoms with Gasteiger partial charge in [0.1, 0.15) is 5.82 Å². The van der Waals surface area contributed by atoms with Gasteiger partial charge in [-0.05, 0) is 31.0 Å². The Morgan fingerprint density at radius 3 is 2.50 bits per heavy atom. The van der Waals surface area contributed by atoms with Crippen LogP contribution in [0.3, 0.4) is 0 Å². The van der Waals surface area contributed by atoms with Crippen LogP contribution >= 0.6 is 11.6 Å². The molecule has 2 rings (SSSR count). The molecule has 1 unspecified atom stereocenters. The molecule has 1 heterocycles. The van der Waals surface area contributed by atoms with Crippen LogP contribution < -0.4 is 0 Å². The molecule has 0 bridgehead atoms. The fraction of sp³-hybridized carbons (Fsp3) is 0.400. The second-order valence-electron chi connectivity index (χ2n) is 4.65. The molecule has 0 saturated carbocycles. The topological polar surface area (TPSA) is 38.0 Å². The second kappa shape index (κ2) is 6.37. The minimum absolute atomic E-state index is 0.314. The third-order valence-electron chi connectivity index (χ3n) is 3.34. The van der Waals surface area contributed by atoms with Gasteiger partial charge in [0.25, 0.3) is 0 Å². The van der Waals surface area contributed by atoms with Gasteiger partial charge in [0.15, 0.2) is 0 Å². The van der Waals surface area contributed by atoms with Crippen molar-refractivity contribution in [3.63, 3.8) is 0 Å². The van der Waals surface area contributed by atoms with Gasteiger partial charge in [-0.1, -0.05) is 30.7 Å². The molecular weight excluding hydrogens is 279 g/mol. The Morgan fingerprint density at radius 1 is 1.30 bits per heavy atom. The lowest BCUT2D eigenvalue weighted by Gasteiger charge is -2.12. The van der Waals surface area contributed by atoms with Crippen LogP contribution in [-0.4, -0.2) is 14.9 Å². The molecule has 0 spiro atoms. The van der Waals surface area contributed by atoms with E-state index in [0.717, 1.165) is 17.8 Å². The summed E-state index contributed by atoms with van der Waals surface area (Å²) in [5.74, 6) is -0.314. The summed E-state index contributed by atoms with van der Waals surface area (Å²) in [6.45, 7) is 4.68. The maximum absolute atomic E-state index is 12.9. The van der Waals surface area contributed by atoms with Gasteiger partial charge >= 0.3 is 0 Å². The molecule has 0 amide bonds. The maximum atomic E-state index is 12.9. The van der Waals surface area contributed by atoms with E-state index in [1.807, 2.05) is 18.5 Å². The molecule has 0 aliphatic carbocycles. The summed E-state index contributed by atoms with van der Waals surface area (Å²) in [7, 11) is 0. The molecule has 1 atom stereocenters. The molecule has 3 nitrogen and oxygen atoms in total. The number of hydrogen-bond acceptors (Lipinski definition) is 2. The van der Waals surface area contributed by atoms with Crippen molar-refractivity contribution >= 4 is 11.6 Å². The lowest BCUT2D eigenvalue weighted by Crippen LogP contribution is -2.09. The Labute approximate surface area is 123 Å². The van der Waals surface area contributed by atoms with Gasteiger partial charge in [-0.2, -0.15) is 5.10 Å². The van der Waals surface area contributed by atoms with Gasteiger partial charge in [-0.15, -0.1) is 0 Å². The Hall–Kier alpha value is -1.39. The lowest BCUT2D eigenvalue weighted by atomic mass is 10.0. The minimum atomic E-state index is -0.722. The summed E-state index contributed by atoms with van der Waals surface area (Å²) in [4.78, 5) is 0. The zero-order valence-corrected chi connectivity index (χ0v) is 12.4. The van der Waals surface area contributed by atoms with Crippen LogP contribution in [-0.2, 0) is 19.4 Å². The first kappa shape index (κ1) is 15.0. The van der Waals surface area contributed by atoms with E-state index in [9.17, 15) is 9.50 Å². The fourth-order valence-electron chi connectivity index (χ4n) is 2.20. The minimum Gasteiger partial charge on any atom is -0.388 e. The normalized spacial score (nSPS) is 12.7. The molecular formula is C15H18ClFN2O. The van der Waals surface area contributed by atoms with Gasteiger partial charge in [0.05, 0.1) is 22.5 Å². The zero-order valence-electron chi connectivity index (χ0n) is 11.6. The van der Waals surface area contributed by atoms with E-state index in [1.165, 1.54) is 12.1 Å². The third kappa shape index (κ3) is 3.02. The highest BCUT2D eigenvalue weighted by atomic mass is 35.5. The predicted molar refractivity (Wildman–Crippen MR) is 77.4 cm³/mol. The number of aliphatic hydroxyl groups excluding tert-OH is 1. The van der Waals surface area contributed by atoms with Gasteiger partial charge in [0.2, 0.25) is 0 Å². The third-order valence-corrected chi connectivity index (χ3v) is 3.77. The molecule has 108 valence electrons. The first-order valence-electron chi connectivity index (χ1n) is 6.74. The summed E-state index contributed by atoms with van der Waals surface area (Å²) in [5.41, 5.74) is 2.34. The van der Waals surface area contributed by atoms with Crippen molar-refractivity contribution < 1.29 is 9.50 Å². The molecule has 1 aromatic heterocycles. The number of halogens is 2. The smallest absolute Gasteiger partial charge is 0.123 e. The molecule has 0 fully saturated rings. The molecule has 20 heavy (non-hydrogen) atoms. The van der Waals surface area contributed by atoms with Crippen LogP contribution in [0.5, 0.6) is 0 Å². The van der Waals surface area contributed by atoms with E-state index >= 15 is 0 Å². The highest BCUT2D eigenvalue weighted by Crippen LogP contribution is 2.27. The Kier molecular flexibility index (Phi) is 4.78. The highest BCUT2D eigenvalue weighted by molar-refractivity contribution is 6.31. The van der Waals surface area contributed by atoms with E-state index in [4.69, 9.17) is 11.6 Å². The molecule has 0 aliphatic rings. The quantitative estimate of drug-likeness (QED) is 0.916. The van der Waals surface area contributed by atoms with Crippen molar-refractivity contribution in [2.24, 2.45) is 0 Å². The summed E-state index contributed by atoms with van der Waals surface area (Å²) in [5, 5.41) is 15.3. The predicted octanol–water partition coefficient (Wildman–Crippen LogP) is 3.53. The molecule has 0 saturated heterocycles. The number of nitrogens with zero attached hydrogens (tertiary/aromatic N) is 2.